The topological polar surface area (TPSA) is 90.7 Å². The average Bonchev–Trinajstić information content (AvgIpc) is 3.20. The molecule has 0 aliphatic heterocycles. The van der Waals surface area contributed by atoms with Gasteiger partial charge in [-0.3, -0.25) is 4.79 Å². The molecule has 29 heavy (non-hydrogen) atoms. The number of ether oxygens (including phenoxy) is 2. The molecule has 1 N–H and O–H groups in total. The molecule has 0 fully saturated rings. The summed E-state index contributed by atoms with van der Waals surface area (Å²) in [6.45, 7) is 2.48. The van der Waals surface area contributed by atoms with Crippen molar-refractivity contribution in [1.82, 2.24) is 10.3 Å². The van der Waals surface area contributed by atoms with Crippen molar-refractivity contribution in [2.75, 3.05) is 27.4 Å². The fourth-order valence-electron chi connectivity index (χ4n) is 3.04. The molecule has 1 atom stereocenters. The first-order valence-corrected chi connectivity index (χ1v) is 8.99. The molecule has 8 heteroatoms. The van der Waals surface area contributed by atoms with E-state index in [1.807, 2.05) is 6.92 Å². The molecule has 1 aromatic carbocycles. The van der Waals surface area contributed by atoms with E-state index in [1.165, 1.54) is 32.6 Å². The van der Waals surface area contributed by atoms with Crippen LogP contribution in [0.2, 0.25) is 0 Å². The number of aromatic nitrogens is 1. The van der Waals surface area contributed by atoms with Gasteiger partial charge in [0.25, 0.3) is 5.91 Å². The number of fused-ring (bicyclic) bond motifs is 1. The van der Waals surface area contributed by atoms with E-state index in [9.17, 15) is 14.0 Å². The summed E-state index contributed by atoms with van der Waals surface area (Å²) in [6, 6.07) is 7.64. The maximum atomic E-state index is 14.6. The van der Waals surface area contributed by atoms with Crippen LogP contribution in [-0.4, -0.2) is 44.2 Å². The third-order valence-corrected chi connectivity index (χ3v) is 4.63. The van der Waals surface area contributed by atoms with Crippen molar-refractivity contribution in [3.05, 3.63) is 64.8 Å². The van der Waals surface area contributed by atoms with Crippen molar-refractivity contribution < 1.29 is 27.9 Å². The Morgan fingerprint density at radius 3 is 2.72 bits per heavy atom. The molecule has 0 radical (unpaired) electrons. The maximum absolute atomic E-state index is 14.6. The summed E-state index contributed by atoms with van der Waals surface area (Å²) in [5, 5.41) is 2.59. The van der Waals surface area contributed by atoms with E-state index in [-0.39, 0.29) is 23.7 Å². The van der Waals surface area contributed by atoms with Crippen molar-refractivity contribution in [3.8, 4) is 0 Å². The Morgan fingerprint density at radius 1 is 1.24 bits per heavy atom. The number of nitrogens with zero attached hydrogens (tertiary/aromatic N) is 1. The molecule has 1 unspecified atom stereocenters. The number of esters is 1. The number of benzene rings is 1. The third kappa shape index (κ3) is 4.27. The fourth-order valence-corrected chi connectivity index (χ4v) is 3.04. The minimum absolute atomic E-state index is 0.0508. The number of nitrogens with one attached hydrogen (secondary N) is 1. The van der Waals surface area contributed by atoms with Crippen LogP contribution in [-0.2, 0) is 9.47 Å². The van der Waals surface area contributed by atoms with Crippen molar-refractivity contribution >= 4 is 23.0 Å². The fraction of sp³-hybridized carbons (Fsp3) is 0.286. The van der Waals surface area contributed by atoms with Crippen molar-refractivity contribution in [2.24, 2.45) is 0 Å². The molecule has 2 heterocycles. The van der Waals surface area contributed by atoms with E-state index >= 15 is 0 Å². The lowest BCUT2D eigenvalue weighted by Gasteiger charge is -2.15. The van der Waals surface area contributed by atoms with Crippen LogP contribution in [0.25, 0.3) is 11.1 Å². The second-order valence-corrected chi connectivity index (χ2v) is 6.43. The number of carbonyl (C=O) groups excluding carboxylic acids is 2. The maximum Gasteiger partial charge on any atom is 0.356 e. The van der Waals surface area contributed by atoms with E-state index in [4.69, 9.17) is 13.9 Å². The summed E-state index contributed by atoms with van der Waals surface area (Å²) in [6.07, 6.45) is 1.48. The number of furan rings is 1. The van der Waals surface area contributed by atoms with Crippen LogP contribution in [0.1, 0.15) is 44.8 Å². The second-order valence-electron chi connectivity index (χ2n) is 6.43. The van der Waals surface area contributed by atoms with Crippen LogP contribution >= 0.6 is 0 Å². The Hall–Kier alpha value is -3.26. The number of halogens is 1. The lowest BCUT2D eigenvalue weighted by molar-refractivity contribution is 0.0594. The summed E-state index contributed by atoms with van der Waals surface area (Å²) in [7, 11) is 2.79. The number of hydrogen-bond acceptors (Lipinski definition) is 6. The van der Waals surface area contributed by atoms with Gasteiger partial charge < -0.3 is 19.2 Å². The van der Waals surface area contributed by atoms with Crippen LogP contribution in [0.4, 0.5) is 4.39 Å². The van der Waals surface area contributed by atoms with Gasteiger partial charge in [0.1, 0.15) is 17.0 Å². The van der Waals surface area contributed by atoms with Crippen LogP contribution in [0.3, 0.4) is 0 Å². The van der Waals surface area contributed by atoms with Gasteiger partial charge in [0, 0.05) is 31.2 Å². The Kier molecular flexibility index (Phi) is 6.23. The van der Waals surface area contributed by atoms with Crippen molar-refractivity contribution in [2.45, 2.75) is 12.8 Å². The van der Waals surface area contributed by atoms with Gasteiger partial charge in [-0.1, -0.05) is 13.0 Å². The molecule has 0 spiro atoms. The first-order chi connectivity index (χ1) is 14.0. The SMILES string of the molecule is COCCNC(=O)c1ccc(C(C)c2cc(C(=O)OC)nc3ccoc23)cc1F. The van der Waals surface area contributed by atoms with E-state index in [1.54, 1.807) is 18.2 Å². The highest BCUT2D eigenvalue weighted by Gasteiger charge is 2.21. The van der Waals surface area contributed by atoms with E-state index in [0.717, 1.165) is 0 Å². The molecule has 0 bridgehead atoms. The normalized spacial score (nSPS) is 12.0. The van der Waals surface area contributed by atoms with E-state index in [2.05, 4.69) is 10.3 Å². The zero-order valence-corrected chi connectivity index (χ0v) is 16.3. The predicted octanol–water partition coefficient (Wildman–Crippen LogP) is 3.28. The van der Waals surface area contributed by atoms with Gasteiger partial charge in [-0.25, -0.2) is 14.2 Å². The van der Waals surface area contributed by atoms with E-state index < -0.39 is 17.7 Å². The van der Waals surface area contributed by atoms with E-state index in [0.29, 0.717) is 28.8 Å². The van der Waals surface area contributed by atoms with Crippen LogP contribution < -0.4 is 5.32 Å². The molecular formula is C21H21FN2O5. The Balaban J connectivity index is 1.93. The van der Waals surface area contributed by atoms with Crippen molar-refractivity contribution in [3.63, 3.8) is 0 Å². The van der Waals surface area contributed by atoms with Crippen LogP contribution in [0.15, 0.2) is 41.0 Å². The summed E-state index contributed by atoms with van der Waals surface area (Å²) < 4.78 is 29.7. The van der Waals surface area contributed by atoms with Crippen LogP contribution in [0.5, 0.6) is 0 Å². The summed E-state index contributed by atoms with van der Waals surface area (Å²) >= 11 is 0. The zero-order valence-electron chi connectivity index (χ0n) is 16.3. The molecule has 3 rings (SSSR count). The summed E-state index contributed by atoms with van der Waals surface area (Å²) in [5.74, 6) is -2.04. The summed E-state index contributed by atoms with van der Waals surface area (Å²) in [5.41, 5.74) is 2.38. The molecule has 2 aromatic heterocycles. The minimum Gasteiger partial charge on any atom is -0.464 e. The zero-order chi connectivity index (χ0) is 21.0. The van der Waals surface area contributed by atoms with Gasteiger partial charge in [0.15, 0.2) is 5.58 Å². The molecule has 152 valence electrons. The van der Waals surface area contributed by atoms with Gasteiger partial charge in [-0.15, -0.1) is 0 Å². The summed E-state index contributed by atoms with van der Waals surface area (Å²) in [4.78, 5) is 28.3. The molecule has 0 aliphatic carbocycles. The Bertz CT molecular complexity index is 1050. The first kappa shape index (κ1) is 20.5. The number of carbonyl (C=O) groups is 2. The lowest BCUT2D eigenvalue weighted by Crippen LogP contribution is -2.27. The third-order valence-electron chi connectivity index (χ3n) is 4.63. The largest absolute Gasteiger partial charge is 0.464 e. The highest BCUT2D eigenvalue weighted by atomic mass is 19.1. The van der Waals surface area contributed by atoms with Crippen molar-refractivity contribution in [1.29, 1.82) is 0 Å². The minimum atomic E-state index is -0.637. The Morgan fingerprint density at radius 2 is 2.03 bits per heavy atom. The molecule has 3 aromatic rings. The standard InChI is InChI=1S/C21H21FN2O5/c1-12(13-4-5-14(16(22)10-13)20(25)23-7-9-27-2)15-11-18(21(26)28-3)24-17-6-8-29-19(15)17/h4-6,8,10-12H,7,9H2,1-3H3,(H,23,25). The molecular weight excluding hydrogens is 379 g/mol. The Labute approximate surface area is 166 Å². The quantitative estimate of drug-likeness (QED) is 0.484. The van der Waals surface area contributed by atoms with Gasteiger partial charge in [0.2, 0.25) is 0 Å². The monoisotopic (exact) mass is 400 g/mol. The molecule has 0 saturated heterocycles. The molecule has 7 nitrogen and oxygen atoms in total. The van der Waals surface area contributed by atoms with Crippen LogP contribution in [0, 0.1) is 5.82 Å². The van der Waals surface area contributed by atoms with Gasteiger partial charge in [0.05, 0.1) is 25.5 Å². The molecule has 0 saturated carbocycles. The second kappa shape index (κ2) is 8.83. The number of amides is 1. The molecule has 1 amide bonds. The predicted molar refractivity (Wildman–Crippen MR) is 103 cm³/mol. The number of rotatable bonds is 7. The first-order valence-electron chi connectivity index (χ1n) is 8.99. The number of pyridine rings is 1. The van der Waals surface area contributed by atoms with Gasteiger partial charge >= 0.3 is 5.97 Å². The highest BCUT2D eigenvalue weighted by Crippen LogP contribution is 2.32. The number of hydrogen-bond donors (Lipinski definition) is 1. The van der Waals surface area contributed by atoms with Gasteiger partial charge in [-0.2, -0.15) is 0 Å². The molecule has 0 aliphatic rings. The smallest absolute Gasteiger partial charge is 0.356 e. The highest BCUT2D eigenvalue weighted by molar-refractivity contribution is 5.94. The average molecular weight is 400 g/mol. The number of methoxy groups -OCH3 is 2. The van der Waals surface area contributed by atoms with Gasteiger partial charge in [-0.05, 0) is 23.8 Å². The lowest BCUT2D eigenvalue weighted by atomic mass is 9.91.